The van der Waals surface area contributed by atoms with Crippen LogP contribution in [0.4, 0.5) is 11.4 Å². The number of nitrogens with one attached hydrogen (secondary N) is 1. The Balaban J connectivity index is 2.20. The van der Waals surface area contributed by atoms with Crippen molar-refractivity contribution in [1.82, 2.24) is 9.62 Å². The summed E-state index contributed by atoms with van der Waals surface area (Å²) in [6.07, 6.45) is 9.00. The summed E-state index contributed by atoms with van der Waals surface area (Å²) in [6, 6.07) is 10.3. The summed E-state index contributed by atoms with van der Waals surface area (Å²) >= 11 is 0. The first-order chi connectivity index (χ1) is 22.8. The average molecular weight is 676 g/mol. The zero-order valence-corrected chi connectivity index (χ0v) is 30.6. The monoisotopic (exact) mass is 675 g/mol. The number of hydrogen-bond donors (Lipinski definition) is 3. The predicted octanol–water partition coefficient (Wildman–Crippen LogP) is 6.58. The molecule has 0 aromatic heterocycles. The number of nitrogen functional groups attached to an aromatic ring is 1. The normalized spacial score (nSPS) is 18.2. The number of methoxy groups -OCH3 is 1. The second-order valence-electron chi connectivity index (χ2n) is 12.4. The molecule has 5 N–H and O–H groups in total. The van der Waals surface area contributed by atoms with Gasteiger partial charge in [0.2, 0.25) is 0 Å². The molecule has 0 spiro atoms. The topological polar surface area (TPSA) is 123 Å². The summed E-state index contributed by atoms with van der Waals surface area (Å²) in [6.45, 7) is 23.1. The molecule has 260 valence electrons. The first-order valence-electron chi connectivity index (χ1n) is 16.3. The molecule has 1 aliphatic rings. The Labute approximate surface area is 289 Å². The Morgan fingerprint density at radius 2 is 1.96 bits per heavy atom. The third-order valence-corrected chi connectivity index (χ3v) is 10.2. The van der Waals surface area contributed by atoms with Crippen LogP contribution < -0.4 is 21.9 Å². The van der Waals surface area contributed by atoms with Gasteiger partial charge in [-0.25, -0.2) is 14.4 Å². The van der Waals surface area contributed by atoms with E-state index in [4.69, 9.17) is 21.1 Å². The van der Waals surface area contributed by atoms with Gasteiger partial charge in [0, 0.05) is 31.1 Å². The Morgan fingerprint density at radius 1 is 1.25 bits per heavy atom. The fraction of sp³-hybridized carbons (Fsp3) is 0.395. The number of anilines is 2. The van der Waals surface area contributed by atoms with Crippen molar-refractivity contribution < 1.29 is 18.5 Å². The van der Waals surface area contributed by atoms with E-state index >= 15 is 0 Å². The molecule has 3 rings (SSSR count). The number of carbonyl (C=O) groups is 1. The molecule has 9 nitrogen and oxygen atoms in total. The average Bonchev–Trinajstić information content (AvgIpc) is 3.17. The second kappa shape index (κ2) is 16.8. The number of hydrogen-bond acceptors (Lipinski definition) is 7. The Kier molecular flexibility index (Phi) is 13.4. The summed E-state index contributed by atoms with van der Waals surface area (Å²) in [5.41, 5.74) is 12.0. The number of hydrazine groups is 1. The number of aryl methyl sites for hydroxylation is 1. The van der Waals surface area contributed by atoms with Crippen molar-refractivity contribution in [2.24, 2.45) is 5.84 Å². The second-order valence-corrected chi connectivity index (χ2v) is 13.9. The smallest absolute Gasteiger partial charge is 0.286 e. The van der Waals surface area contributed by atoms with Crippen LogP contribution in [0.2, 0.25) is 0 Å². The van der Waals surface area contributed by atoms with Crippen molar-refractivity contribution in [3.05, 3.63) is 118 Å². The summed E-state index contributed by atoms with van der Waals surface area (Å²) < 4.78 is 27.6. The van der Waals surface area contributed by atoms with Crippen LogP contribution in [-0.2, 0) is 31.8 Å². The van der Waals surface area contributed by atoms with E-state index in [-0.39, 0.29) is 23.7 Å². The predicted molar refractivity (Wildman–Crippen MR) is 199 cm³/mol. The van der Waals surface area contributed by atoms with Gasteiger partial charge in [-0.3, -0.25) is 4.79 Å². The molecule has 2 aromatic carbocycles. The maximum absolute atomic E-state index is 14.0. The molecule has 2 aromatic rings. The summed E-state index contributed by atoms with van der Waals surface area (Å²) in [7, 11) is -0.0418. The van der Waals surface area contributed by atoms with E-state index in [1.165, 1.54) is 19.3 Å². The summed E-state index contributed by atoms with van der Waals surface area (Å²) in [5, 5.41) is 4.82. The van der Waals surface area contributed by atoms with Crippen molar-refractivity contribution in [3.63, 3.8) is 0 Å². The van der Waals surface area contributed by atoms with Gasteiger partial charge >= 0.3 is 0 Å². The molecule has 3 atom stereocenters. The number of allylic oxidation sites excluding steroid dienone is 5. The zero-order valence-electron chi connectivity index (χ0n) is 29.8. The first-order valence-corrected chi connectivity index (χ1v) is 17.4. The van der Waals surface area contributed by atoms with Crippen molar-refractivity contribution in [1.29, 1.82) is 0 Å². The molecule has 0 saturated carbocycles. The number of carbonyl (C=O) groups excluding carboxylic acids is 1. The van der Waals surface area contributed by atoms with E-state index in [0.717, 1.165) is 39.9 Å². The highest BCUT2D eigenvalue weighted by Crippen LogP contribution is 2.41. The van der Waals surface area contributed by atoms with E-state index in [1.807, 2.05) is 63.2 Å². The minimum absolute atomic E-state index is 0.143. The van der Waals surface area contributed by atoms with Gasteiger partial charge in [-0.05, 0) is 100 Å². The molecule has 1 aliphatic heterocycles. The molecule has 10 heteroatoms. The quantitative estimate of drug-likeness (QED) is 0.0517. The van der Waals surface area contributed by atoms with Crippen molar-refractivity contribution in [2.45, 2.75) is 79.0 Å². The fourth-order valence-corrected chi connectivity index (χ4v) is 7.29. The van der Waals surface area contributed by atoms with Gasteiger partial charge in [0.05, 0.1) is 23.4 Å². The maximum Gasteiger partial charge on any atom is 0.286 e. The lowest BCUT2D eigenvalue weighted by Gasteiger charge is -2.38. The van der Waals surface area contributed by atoms with E-state index < -0.39 is 16.5 Å². The standard InChI is InChI=1S/C38H53N5O4S/c1-11-16-32-34(14-4)48(45)42(24-29(13-3)47-32)23-28-22-27(19-18-25(28)6)35(38(8,9)41-37(44)33(46-10)17-12-2)30-20-21-31(43(40)15-5)36(39)26(30)7/h11-12,14,16-22,29,35H,2,4,13,15,23-24,39-40H2,1,3,5-10H3,(H,41,44)/b16-11-,33-17-/t29-,35?,48?/m1/s1. The zero-order chi connectivity index (χ0) is 35.8. The van der Waals surface area contributed by atoms with Gasteiger partial charge in [-0.15, -0.1) is 0 Å². The van der Waals surface area contributed by atoms with Gasteiger partial charge in [0.15, 0.2) is 5.76 Å². The van der Waals surface area contributed by atoms with Crippen LogP contribution >= 0.6 is 0 Å². The highest BCUT2D eigenvalue weighted by molar-refractivity contribution is 7.86. The summed E-state index contributed by atoms with van der Waals surface area (Å²) in [5.74, 6) is 6.27. The lowest BCUT2D eigenvalue weighted by molar-refractivity contribution is -0.122. The van der Waals surface area contributed by atoms with Gasteiger partial charge < -0.3 is 25.5 Å². The lowest BCUT2D eigenvalue weighted by atomic mass is 9.74. The number of amides is 1. The Morgan fingerprint density at radius 3 is 2.54 bits per heavy atom. The number of rotatable bonds is 14. The molecule has 0 saturated heterocycles. The highest BCUT2D eigenvalue weighted by Gasteiger charge is 2.37. The molecule has 48 heavy (non-hydrogen) atoms. The first kappa shape index (κ1) is 38.3. The molecule has 1 heterocycles. The van der Waals surface area contributed by atoms with Crippen LogP contribution in [0.5, 0.6) is 0 Å². The molecular formula is C38H53N5O4S. The maximum atomic E-state index is 14.0. The van der Waals surface area contributed by atoms with Crippen molar-refractivity contribution in [3.8, 4) is 0 Å². The third kappa shape index (κ3) is 8.47. The molecule has 2 unspecified atom stereocenters. The van der Waals surface area contributed by atoms with E-state index in [0.29, 0.717) is 36.0 Å². The lowest BCUT2D eigenvalue weighted by Crippen LogP contribution is -2.49. The van der Waals surface area contributed by atoms with Crippen LogP contribution in [0.1, 0.15) is 74.8 Å². The molecule has 0 fully saturated rings. The van der Waals surface area contributed by atoms with Crippen LogP contribution in [0.15, 0.2) is 90.3 Å². The van der Waals surface area contributed by atoms with Crippen molar-refractivity contribution >= 4 is 28.3 Å². The van der Waals surface area contributed by atoms with Crippen LogP contribution in [0.25, 0.3) is 0 Å². The van der Waals surface area contributed by atoms with Gasteiger partial charge in [0.25, 0.3) is 5.91 Å². The van der Waals surface area contributed by atoms with Crippen LogP contribution in [0, 0.1) is 13.8 Å². The summed E-state index contributed by atoms with van der Waals surface area (Å²) in [4.78, 5) is 14.0. The van der Waals surface area contributed by atoms with E-state index in [2.05, 4.69) is 50.5 Å². The number of benzene rings is 2. The van der Waals surface area contributed by atoms with Gasteiger partial charge in [-0.2, -0.15) is 0 Å². The Hall–Kier alpha value is -4.12. The van der Waals surface area contributed by atoms with Gasteiger partial charge in [0.1, 0.15) is 22.8 Å². The van der Waals surface area contributed by atoms with E-state index in [1.54, 1.807) is 11.1 Å². The SMILES string of the molecule is C=C/C=C(\OC)C(=O)NC(C)(C)C(c1ccc(C)c(CN2C[C@@H](CC)OC(/C=C\C)=C(C=C)S2=O)c1)c1ccc(N(N)CC)c(N)c1C. The molecule has 0 bridgehead atoms. The molecule has 0 radical (unpaired) electrons. The van der Waals surface area contributed by atoms with E-state index in [9.17, 15) is 9.00 Å². The van der Waals surface area contributed by atoms with Crippen LogP contribution in [-0.4, -0.2) is 46.3 Å². The third-order valence-electron chi connectivity index (χ3n) is 8.74. The minimum atomic E-state index is -1.50. The number of nitrogens with two attached hydrogens (primary N) is 2. The molecule has 1 amide bonds. The Bertz CT molecular complexity index is 1630. The molecular weight excluding hydrogens is 623 g/mol. The number of nitrogens with zero attached hydrogens (tertiary/aromatic N) is 2. The largest absolute Gasteiger partial charge is 0.491 e. The van der Waals surface area contributed by atoms with Gasteiger partial charge in [-0.1, -0.05) is 56.5 Å². The number of ether oxygens (including phenoxy) is 2. The highest BCUT2D eigenvalue weighted by atomic mass is 32.2. The minimum Gasteiger partial charge on any atom is -0.491 e. The molecule has 0 aliphatic carbocycles. The van der Waals surface area contributed by atoms with Crippen molar-refractivity contribution in [2.75, 3.05) is 30.9 Å². The fourth-order valence-electron chi connectivity index (χ4n) is 6.03. The van der Waals surface area contributed by atoms with Crippen LogP contribution in [0.3, 0.4) is 0 Å².